The van der Waals surface area contributed by atoms with Crippen LogP contribution in [0.25, 0.3) is 0 Å². The van der Waals surface area contributed by atoms with E-state index in [0.717, 1.165) is 16.9 Å². The van der Waals surface area contributed by atoms with Crippen molar-refractivity contribution in [3.8, 4) is 0 Å². The first-order valence-corrected chi connectivity index (χ1v) is 8.66. The van der Waals surface area contributed by atoms with Crippen LogP contribution < -0.4 is 5.32 Å². The van der Waals surface area contributed by atoms with Crippen molar-refractivity contribution in [2.45, 2.75) is 56.6 Å². The van der Waals surface area contributed by atoms with Crippen molar-refractivity contribution >= 4 is 29.2 Å². The summed E-state index contributed by atoms with van der Waals surface area (Å²) in [7, 11) is 0. The first-order valence-electron chi connectivity index (χ1n) is 7.06. The number of hydrogen-bond acceptors (Lipinski definition) is 4. The molecule has 0 spiro atoms. The van der Waals surface area contributed by atoms with E-state index >= 15 is 0 Å². The highest BCUT2D eigenvalue weighted by molar-refractivity contribution is 7.98. The fourth-order valence-electron chi connectivity index (χ4n) is 2.77. The summed E-state index contributed by atoms with van der Waals surface area (Å²) in [5.74, 6) is 1.79. The molecule has 19 heavy (non-hydrogen) atoms. The van der Waals surface area contributed by atoms with Gasteiger partial charge in [-0.3, -0.25) is 0 Å². The van der Waals surface area contributed by atoms with Gasteiger partial charge in [0.05, 0.1) is 0 Å². The Kier molecular flexibility index (Phi) is 5.76. The van der Waals surface area contributed by atoms with Gasteiger partial charge in [-0.2, -0.15) is 0 Å². The Morgan fingerprint density at radius 2 is 2.05 bits per heavy atom. The van der Waals surface area contributed by atoms with Crippen molar-refractivity contribution < 1.29 is 0 Å². The standard InChI is InChI=1S/C14H22ClN3S/c1-3-4-10-5-7-11(8-6-10)16-13-9-12(15)17-14(18-13)19-2/h9-11H,3-8H2,1-2H3,(H,16,17,18). The van der Waals surface area contributed by atoms with Crippen molar-refractivity contribution in [2.24, 2.45) is 5.92 Å². The quantitative estimate of drug-likeness (QED) is 0.489. The van der Waals surface area contributed by atoms with Crippen LogP contribution in [0.4, 0.5) is 5.82 Å². The molecule has 0 aliphatic heterocycles. The Balaban J connectivity index is 1.90. The lowest BCUT2D eigenvalue weighted by Crippen LogP contribution is -2.26. The average molecular weight is 300 g/mol. The molecule has 1 aliphatic rings. The van der Waals surface area contributed by atoms with E-state index in [1.54, 1.807) is 0 Å². The van der Waals surface area contributed by atoms with E-state index in [9.17, 15) is 0 Å². The molecule has 0 bridgehead atoms. The third-order valence-corrected chi connectivity index (χ3v) is 4.49. The van der Waals surface area contributed by atoms with Gasteiger partial charge in [0.25, 0.3) is 0 Å². The van der Waals surface area contributed by atoms with Crippen LogP contribution in [0.15, 0.2) is 11.2 Å². The van der Waals surface area contributed by atoms with Crippen molar-refractivity contribution in [2.75, 3.05) is 11.6 Å². The zero-order valence-electron chi connectivity index (χ0n) is 11.7. The van der Waals surface area contributed by atoms with Gasteiger partial charge < -0.3 is 5.32 Å². The van der Waals surface area contributed by atoms with Crippen LogP contribution in [0.3, 0.4) is 0 Å². The molecule has 1 saturated carbocycles. The first-order chi connectivity index (χ1) is 9.21. The van der Waals surface area contributed by atoms with Gasteiger partial charge in [-0.25, -0.2) is 9.97 Å². The summed E-state index contributed by atoms with van der Waals surface area (Å²) in [5, 5.41) is 4.76. The Hall–Kier alpha value is -0.480. The number of halogens is 1. The van der Waals surface area contributed by atoms with Crippen molar-refractivity contribution in [3.05, 3.63) is 11.2 Å². The Labute approximate surface area is 124 Å². The summed E-state index contributed by atoms with van der Waals surface area (Å²) in [5.41, 5.74) is 0. The molecular formula is C14H22ClN3S. The van der Waals surface area contributed by atoms with Crippen molar-refractivity contribution in [1.29, 1.82) is 0 Å². The number of nitrogens with zero attached hydrogens (tertiary/aromatic N) is 2. The minimum atomic E-state index is 0.515. The van der Waals surface area contributed by atoms with Crippen LogP contribution in [-0.2, 0) is 0 Å². The topological polar surface area (TPSA) is 37.8 Å². The number of hydrogen-bond donors (Lipinski definition) is 1. The molecule has 3 nitrogen and oxygen atoms in total. The van der Waals surface area contributed by atoms with Crippen LogP contribution in [-0.4, -0.2) is 22.3 Å². The molecule has 2 rings (SSSR count). The Morgan fingerprint density at radius 1 is 1.32 bits per heavy atom. The van der Waals surface area contributed by atoms with Gasteiger partial charge in [-0.15, -0.1) is 0 Å². The molecule has 5 heteroatoms. The fraction of sp³-hybridized carbons (Fsp3) is 0.714. The van der Waals surface area contributed by atoms with Gasteiger partial charge in [-0.05, 0) is 37.9 Å². The van der Waals surface area contributed by atoms with Crippen LogP contribution in [0.2, 0.25) is 5.15 Å². The fourth-order valence-corrected chi connectivity index (χ4v) is 3.39. The van der Waals surface area contributed by atoms with Gasteiger partial charge >= 0.3 is 0 Å². The molecule has 1 aromatic heterocycles. The molecule has 1 heterocycles. The second-order valence-electron chi connectivity index (χ2n) is 5.21. The molecule has 1 aliphatic carbocycles. The number of rotatable bonds is 5. The molecule has 1 fully saturated rings. The average Bonchev–Trinajstić information content (AvgIpc) is 2.40. The third-order valence-electron chi connectivity index (χ3n) is 3.75. The number of thioether (sulfide) groups is 1. The zero-order valence-corrected chi connectivity index (χ0v) is 13.2. The maximum absolute atomic E-state index is 6.01. The van der Waals surface area contributed by atoms with Crippen LogP contribution in [0, 0.1) is 5.92 Å². The summed E-state index contributed by atoms with van der Waals surface area (Å²) in [6, 6.07) is 2.35. The summed E-state index contributed by atoms with van der Waals surface area (Å²) in [6.45, 7) is 2.27. The minimum Gasteiger partial charge on any atom is -0.367 e. The van der Waals surface area contributed by atoms with E-state index in [0.29, 0.717) is 11.2 Å². The zero-order chi connectivity index (χ0) is 13.7. The number of nitrogens with one attached hydrogen (secondary N) is 1. The predicted molar refractivity (Wildman–Crippen MR) is 83.1 cm³/mol. The van der Waals surface area contributed by atoms with Crippen LogP contribution in [0.1, 0.15) is 45.4 Å². The van der Waals surface area contributed by atoms with E-state index in [1.165, 1.54) is 50.3 Å². The molecule has 106 valence electrons. The SMILES string of the molecule is CCCC1CCC(Nc2cc(Cl)nc(SC)n2)CC1. The summed E-state index contributed by atoms with van der Waals surface area (Å²) >= 11 is 7.53. The maximum Gasteiger partial charge on any atom is 0.190 e. The first kappa shape index (κ1) is 14.9. The second-order valence-corrected chi connectivity index (χ2v) is 6.37. The van der Waals surface area contributed by atoms with Gasteiger partial charge in [0, 0.05) is 12.1 Å². The third kappa shape index (κ3) is 4.53. The van der Waals surface area contributed by atoms with Gasteiger partial charge in [0.1, 0.15) is 11.0 Å². The number of aromatic nitrogens is 2. The largest absolute Gasteiger partial charge is 0.367 e. The molecule has 0 radical (unpaired) electrons. The highest BCUT2D eigenvalue weighted by Crippen LogP contribution is 2.29. The highest BCUT2D eigenvalue weighted by atomic mass is 35.5. The highest BCUT2D eigenvalue weighted by Gasteiger charge is 2.20. The predicted octanol–water partition coefficient (Wildman–Crippen LogP) is 4.62. The van der Waals surface area contributed by atoms with Gasteiger partial charge in [0.15, 0.2) is 5.16 Å². The molecule has 1 N–H and O–H groups in total. The lowest BCUT2D eigenvalue weighted by atomic mass is 9.83. The smallest absolute Gasteiger partial charge is 0.190 e. The summed E-state index contributed by atoms with van der Waals surface area (Å²) in [6.07, 6.45) is 9.79. The molecule has 0 atom stereocenters. The van der Waals surface area contributed by atoms with Crippen molar-refractivity contribution in [3.63, 3.8) is 0 Å². The lowest BCUT2D eigenvalue weighted by Gasteiger charge is -2.29. The lowest BCUT2D eigenvalue weighted by molar-refractivity contribution is 0.318. The molecule has 1 aromatic rings. The summed E-state index contributed by atoms with van der Waals surface area (Å²) in [4.78, 5) is 8.62. The number of anilines is 1. The molecular weight excluding hydrogens is 278 g/mol. The van der Waals surface area contributed by atoms with Crippen molar-refractivity contribution in [1.82, 2.24) is 9.97 Å². The van der Waals surface area contributed by atoms with Gasteiger partial charge in [0.2, 0.25) is 0 Å². The van der Waals surface area contributed by atoms with Crippen LogP contribution >= 0.6 is 23.4 Å². The maximum atomic E-state index is 6.01. The second kappa shape index (κ2) is 7.34. The van der Waals surface area contributed by atoms with Gasteiger partial charge in [-0.1, -0.05) is 43.1 Å². The van der Waals surface area contributed by atoms with E-state index < -0.39 is 0 Å². The minimum absolute atomic E-state index is 0.515. The van der Waals surface area contributed by atoms with E-state index in [-0.39, 0.29) is 0 Å². The monoisotopic (exact) mass is 299 g/mol. The molecule has 0 unspecified atom stereocenters. The van der Waals surface area contributed by atoms with E-state index in [1.807, 2.05) is 12.3 Å². The summed E-state index contributed by atoms with van der Waals surface area (Å²) < 4.78 is 0. The normalized spacial score (nSPS) is 23.3. The molecule has 0 aromatic carbocycles. The Morgan fingerprint density at radius 3 is 2.68 bits per heavy atom. The molecule has 0 amide bonds. The van der Waals surface area contributed by atoms with E-state index in [2.05, 4.69) is 22.2 Å². The van der Waals surface area contributed by atoms with E-state index in [4.69, 9.17) is 11.6 Å². The Bertz CT molecular complexity index is 406. The van der Waals surface area contributed by atoms with Crippen LogP contribution in [0.5, 0.6) is 0 Å². The molecule has 0 saturated heterocycles.